The SMILES string of the molecule is CCCCc1c(CCC)nnn1CCCC. The van der Waals surface area contributed by atoms with E-state index in [-0.39, 0.29) is 0 Å². The summed E-state index contributed by atoms with van der Waals surface area (Å²) in [7, 11) is 0. The fourth-order valence-electron chi connectivity index (χ4n) is 1.90. The van der Waals surface area contributed by atoms with E-state index in [1.165, 1.54) is 37.1 Å². The summed E-state index contributed by atoms with van der Waals surface area (Å²) in [5, 5.41) is 8.62. The highest BCUT2D eigenvalue weighted by molar-refractivity contribution is 5.10. The fraction of sp³-hybridized carbons (Fsp3) is 0.846. The maximum Gasteiger partial charge on any atom is 0.0859 e. The van der Waals surface area contributed by atoms with Crippen LogP contribution in [0.25, 0.3) is 0 Å². The van der Waals surface area contributed by atoms with Crippen LogP contribution in [0, 0.1) is 0 Å². The molecule has 0 N–H and O–H groups in total. The summed E-state index contributed by atoms with van der Waals surface area (Å²) in [6.07, 6.45) is 8.28. The molecule has 0 radical (unpaired) electrons. The Morgan fingerprint density at radius 1 is 0.938 bits per heavy atom. The van der Waals surface area contributed by atoms with Crippen LogP contribution >= 0.6 is 0 Å². The van der Waals surface area contributed by atoms with Crippen molar-refractivity contribution in [3.8, 4) is 0 Å². The van der Waals surface area contributed by atoms with Crippen LogP contribution in [0.4, 0.5) is 0 Å². The average Bonchev–Trinajstić information content (AvgIpc) is 2.67. The van der Waals surface area contributed by atoms with Gasteiger partial charge in [-0.15, -0.1) is 5.10 Å². The van der Waals surface area contributed by atoms with Gasteiger partial charge in [0.05, 0.1) is 11.4 Å². The maximum absolute atomic E-state index is 4.32. The van der Waals surface area contributed by atoms with Crippen LogP contribution in [0.2, 0.25) is 0 Å². The molecule has 0 aromatic carbocycles. The molecule has 0 saturated heterocycles. The van der Waals surface area contributed by atoms with E-state index < -0.39 is 0 Å². The van der Waals surface area contributed by atoms with Crippen molar-refractivity contribution in [2.24, 2.45) is 0 Å². The quantitative estimate of drug-likeness (QED) is 0.676. The lowest BCUT2D eigenvalue weighted by atomic mass is 10.1. The van der Waals surface area contributed by atoms with Crippen LogP contribution in [-0.2, 0) is 19.4 Å². The van der Waals surface area contributed by atoms with Gasteiger partial charge in [0.15, 0.2) is 0 Å². The van der Waals surface area contributed by atoms with E-state index in [0.29, 0.717) is 0 Å². The van der Waals surface area contributed by atoms with Crippen molar-refractivity contribution in [1.82, 2.24) is 15.0 Å². The van der Waals surface area contributed by atoms with Crippen molar-refractivity contribution in [2.75, 3.05) is 0 Å². The zero-order valence-electron chi connectivity index (χ0n) is 11.0. The predicted molar refractivity (Wildman–Crippen MR) is 67.5 cm³/mol. The molecule has 0 bridgehead atoms. The first-order valence-electron chi connectivity index (χ1n) is 6.74. The summed E-state index contributed by atoms with van der Waals surface area (Å²) in [6, 6.07) is 0. The summed E-state index contributed by atoms with van der Waals surface area (Å²) in [5.74, 6) is 0. The number of rotatable bonds is 8. The minimum atomic E-state index is 1.03. The molecule has 0 unspecified atom stereocenters. The Morgan fingerprint density at radius 2 is 1.69 bits per heavy atom. The van der Waals surface area contributed by atoms with Crippen molar-refractivity contribution in [3.05, 3.63) is 11.4 Å². The van der Waals surface area contributed by atoms with Gasteiger partial charge in [-0.1, -0.05) is 45.2 Å². The van der Waals surface area contributed by atoms with Gasteiger partial charge in [0.25, 0.3) is 0 Å². The second-order valence-electron chi connectivity index (χ2n) is 4.41. The molecule has 3 heteroatoms. The topological polar surface area (TPSA) is 30.7 Å². The Hall–Kier alpha value is -0.860. The number of unbranched alkanes of at least 4 members (excludes halogenated alkanes) is 2. The van der Waals surface area contributed by atoms with Gasteiger partial charge >= 0.3 is 0 Å². The first-order valence-corrected chi connectivity index (χ1v) is 6.74. The number of nitrogens with zero attached hydrogens (tertiary/aromatic N) is 3. The third-order valence-electron chi connectivity index (χ3n) is 2.90. The number of aromatic nitrogens is 3. The van der Waals surface area contributed by atoms with Crippen molar-refractivity contribution in [3.63, 3.8) is 0 Å². The highest BCUT2D eigenvalue weighted by Gasteiger charge is 2.10. The minimum Gasteiger partial charge on any atom is -0.249 e. The van der Waals surface area contributed by atoms with Gasteiger partial charge in [-0.05, 0) is 25.7 Å². The lowest BCUT2D eigenvalue weighted by molar-refractivity contribution is 0.527. The molecule has 0 spiro atoms. The van der Waals surface area contributed by atoms with Crippen molar-refractivity contribution in [2.45, 2.75) is 72.3 Å². The highest BCUT2D eigenvalue weighted by atomic mass is 15.4. The third-order valence-corrected chi connectivity index (χ3v) is 2.90. The van der Waals surface area contributed by atoms with Gasteiger partial charge in [0, 0.05) is 6.54 Å². The Morgan fingerprint density at radius 3 is 2.31 bits per heavy atom. The summed E-state index contributed by atoms with van der Waals surface area (Å²) in [4.78, 5) is 0. The van der Waals surface area contributed by atoms with Gasteiger partial charge in [-0.25, -0.2) is 4.68 Å². The molecule has 0 atom stereocenters. The van der Waals surface area contributed by atoms with Gasteiger partial charge < -0.3 is 0 Å². The van der Waals surface area contributed by atoms with E-state index in [1.807, 2.05) is 0 Å². The number of hydrogen-bond acceptors (Lipinski definition) is 2. The summed E-state index contributed by atoms with van der Waals surface area (Å²) >= 11 is 0. The molecule has 1 aromatic rings. The number of hydrogen-bond donors (Lipinski definition) is 0. The first-order chi connectivity index (χ1) is 7.83. The molecule has 0 amide bonds. The van der Waals surface area contributed by atoms with Crippen molar-refractivity contribution >= 4 is 0 Å². The largest absolute Gasteiger partial charge is 0.249 e. The second-order valence-corrected chi connectivity index (χ2v) is 4.41. The van der Waals surface area contributed by atoms with E-state index in [1.54, 1.807) is 0 Å². The lowest BCUT2D eigenvalue weighted by Gasteiger charge is -2.06. The van der Waals surface area contributed by atoms with Crippen LogP contribution in [0.15, 0.2) is 0 Å². The molecule has 1 rings (SSSR count). The van der Waals surface area contributed by atoms with Gasteiger partial charge in [-0.2, -0.15) is 0 Å². The smallest absolute Gasteiger partial charge is 0.0859 e. The van der Waals surface area contributed by atoms with E-state index >= 15 is 0 Å². The molecule has 92 valence electrons. The molecule has 16 heavy (non-hydrogen) atoms. The highest BCUT2D eigenvalue weighted by Crippen LogP contribution is 2.12. The van der Waals surface area contributed by atoms with Crippen LogP contribution in [0.3, 0.4) is 0 Å². The molecule has 1 aromatic heterocycles. The van der Waals surface area contributed by atoms with E-state index in [9.17, 15) is 0 Å². The molecule has 0 aliphatic carbocycles. The van der Waals surface area contributed by atoms with Gasteiger partial charge in [-0.3, -0.25) is 0 Å². The van der Waals surface area contributed by atoms with Crippen LogP contribution in [0.1, 0.15) is 64.3 Å². The molecule has 1 heterocycles. The Bertz CT molecular complexity index is 291. The first kappa shape index (κ1) is 13.2. The standard InChI is InChI=1S/C13H25N3/c1-4-7-10-13-12(9-6-3)14-15-16(13)11-8-5-2/h4-11H2,1-3H3. The molecular formula is C13H25N3. The molecule has 0 fully saturated rings. The molecular weight excluding hydrogens is 198 g/mol. The van der Waals surface area contributed by atoms with Crippen LogP contribution in [-0.4, -0.2) is 15.0 Å². The molecule has 0 saturated carbocycles. The molecule has 0 aliphatic rings. The number of aryl methyl sites for hydroxylation is 2. The predicted octanol–water partition coefficient (Wildman–Crippen LogP) is 3.37. The monoisotopic (exact) mass is 223 g/mol. The molecule has 3 nitrogen and oxygen atoms in total. The molecule has 0 aliphatic heterocycles. The minimum absolute atomic E-state index is 1.03. The van der Waals surface area contributed by atoms with Gasteiger partial charge in [0.1, 0.15) is 0 Å². The van der Waals surface area contributed by atoms with Crippen molar-refractivity contribution in [1.29, 1.82) is 0 Å². The lowest BCUT2D eigenvalue weighted by Crippen LogP contribution is -2.06. The fourth-order valence-corrected chi connectivity index (χ4v) is 1.90. The van der Waals surface area contributed by atoms with Crippen molar-refractivity contribution < 1.29 is 0 Å². The normalized spacial score (nSPS) is 10.9. The third kappa shape index (κ3) is 3.62. The van der Waals surface area contributed by atoms with Crippen LogP contribution in [0.5, 0.6) is 0 Å². The van der Waals surface area contributed by atoms with E-state index in [2.05, 4.69) is 35.8 Å². The summed E-state index contributed by atoms with van der Waals surface area (Å²) < 4.78 is 2.13. The van der Waals surface area contributed by atoms with E-state index in [4.69, 9.17) is 0 Å². The van der Waals surface area contributed by atoms with Gasteiger partial charge in [0.2, 0.25) is 0 Å². The van der Waals surface area contributed by atoms with Crippen LogP contribution < -0.4 is 0 Å². The Kier molecular flexibility index (Phi) is 6.12. The zero-order chi connectivity index (χ0) is 11.8. The Balaban J connectivity index is 2.72. The maximum atomic E-state index is 4.32. The zero-order valence-corrected chi connectivity index (χ0v) is 11.0. The van der Waals surface area contributed by atoms with E-state index in [0.717, 1.165) is 25.8 Å². The summed E-state index contributed by atoms with van der Waals surface area (Å²) in [5.41, 5.74) is 2.62. The Labute approximate surface area is 99.2 Å². The average molecular weight is 223 g/mol. The summed E-state index contributed by atoms with van der Waals surface area (Å²) in [6.45, 7) is 7.69. The second kappa shape index (κ2) is 7.42.